The number of unbranched alkanes of at least 4 members (excludes halogenated alkanes) is 2. The zero-order chi connectivity index (χ0) is 21.6. The summed E-state index contributed by atoms with van der Waals surface area (Å²) in [5, 5.41) is 0. The number of fused-ring (bicyclic) bond motifs is 1. The molecule has 1 heterocycles. The Hall–Kier alpha value is -2.67. The van der Waals surface area contributed by atoms with Gasteiger partial charge < -0.3 is 4.74 Å². The maximum atomic E-state index is 12.0. The predicted octanol–water partition coefficient (Wildman–Crippen LogP) is 4.15. The average Bonchev–Trinajstić information content (AvgIpc) is 3.00. The van der Waals surface area contributed by atoms with Crippen molar-refractivity contribution in [2.45, 2.75) is 57.0 Å². The second-order valence-electron chi connectivity index (χ2n) is 7.70. The monoisotopic (exact) mass is 428 g/mol. The van der Waals surface area contributed by atoms with E-state index in [0.717, 1.165) is 24.8 Å². The fourth-order valence-electron chi connectivity index (χ4n) is 3.23. The summed E-state index contributed by atoms with van der Waals surface area (Å²) in [7, 11) is -3.49. The lowest BCUT2D eigenvalue weighted by molar-refractivity contribution is -0.145. The first-order valence-electron chi connectivity index (χ1n) is 10.3. The third-order valence-corrected chi connectivity index (χ3v) is 6.41. The molecule has 0 unspecified atom stereocenters. The highest BCUT2D eigenvalue weighted by molar-refractivity contribution is 7.90. The molecule has 0 saturated carbocycles. The first-order chi connectivity index (χ1) is 14.4. The van der Waals surface area contributed by atoms with Gasteiger partial charge in [0.05, 0.1) is 4.90 Å². The smallest absolute Gasteiger partial charge is 0.306 e. The van der Waals surface area contributed by atoms with Crippen LogP contribution in [0.1, 0.15) is 62.1 Å². The Morgan fingerprint density at radius 3 is 2.50 bits per heavy atom. The van der Waals surface area contributed by atoms with Crippen molar-refractivity contribution in [1.29, 1.82) is 0 Å². The number of hydrogen-bond acceptors (Lipinski definition) is 5. The van der Waals surface area contributed by atoms with Gasteiger partial charge in [-0.3, -0.25) is 14.5 Å². The first-order valence-corrected chi connectivity index (χ1v) is 11.8. The van der Waals surface area contributed by atoms with Crippen LogP contribution in [-0.2, 0) is 26.2 Å². The second-order valence-corrected chi connectivity index (χ2v) is 9.35. The summed E-state index contributed by atoms with van der Waals surface area (Å²) >= 11 is 0. The van der Waals surface area contributed by atoms with Crippen LogP contribution in [0.25, 0.3) is 0 Å². The molecule has 0 fully saturated rings. The van der Waals surface area contributed by atoms with Gasteiger partial charge in [0.2, 0.25) is 0 Å². The summed E-state index contributed by atoms with van der Waals surface area (Å²) in [4.78, 5) is 16.6. The number of carbonyl (C=O) groups excluding carboxylic acids is 1. The molecule has 0 atom stereocenters. The van der Waals surface area contributed by atoms with Crippen LogP contribution in [0.5, 0.6) is 0 Å². The number of carbonyl (C=O) groups is 1. The molecule has 0 bridgehead atoms. The lowest BCUT2D eigenvalue weighted by Gasteiger charge is -2.08. The molecule has 160 valence electrons. The molecule has 1 aliphatic heterocycles. The highest BCUT2D eigenvalue weighted by Gasteiger charge is 2.29. The molecule has 3 rings (SSSR count). The zero-order valence-electron chi connectivity index (χ0n) is 17.4. The lowest BCUT2D eigenvalue weighted by Crippen LogP contribution is -2.22. The molecule has 1 aliphatic rings. The molecular formula is C23H28N2O4S. The fraction of sp³-hybridized carbons (Fsp3) is 0.391. The standard InChI is InChI=1S/C23H28N2O4S/c1-17(2)19-13-11-18(12-14-19)16-29-22(26)10-4-3-7-15-24-23-20-8-5-6-9-21(20)30(27,28)25-23/h5-6,8-9,11-14,17H,3-4,7,10,15-16H2,1-2H3,(H,24,25). The number of nitrogens with one attached hydrogen (secondary N) is 1. The summed E-state index contributed by atoms with van der Waals surface area (Å²) in [5.74, 6) is 0.676. The van der Waals surface area contributed by atoms with Gasteiger partial charge in [0.15, 0.2) is 0 Å². The molecule has 30 heavy (non-hydrogen) atoms. The van der Waals surface area contributed by atoms with E-state index in [1.165, 1.54) is 5.56 Å². The number of aliphatic imine (C=N–C) groups is 1. The SMILES string of the molecule is CC(C)c1ccc(COC(=O)CCCCCN=C2NS(=O)(=O)c3ccccc32)cc1. The summed E-state index contributed by atoms with van der Waals surface area (Å²) in [6, 6.07) is 14.9. The van der Waals surface area contributed by atoms with Crippen molar-refractivity contribution in [2.75, 3.05) is 6.54 Å². The lowest BCUT2D eigenvalue weighted by atomic mass is 10.0. The summed E-state index contributed by atoms with van der Waals surface area (Å²) < 4.78 is 31.9. The van der Waals surface area contributed by atoms with Crippen LogP contribution in [0.4, 0.5) is 0 Å². The Morgan fingerprint density at radius 1 is 1.03 bits per heavy atom. The normalized spacial score (nSPS) is 15.8. The number of ether oxygens (including phenoxy) is 1. The molecule has 0 spiro atoms. The van der Waals surface area contributed by atoms with E-state index >= 15 is 0 Å². The predicted molar refractivity (Wildman–Crippen MR) is 117 cm³/mol. The molecule has 0 aromatic heterocycles. The minimum Gasteiger partial charge on any atom is -0.461 e. The first kappa shape index (κ1) is 22.0. The van der Waals surface area contributed by atoms with Crippen LogP contribution in [0.2, 0.25) is 0 Å². The Labute approximate surface area is 178 Å². The largest absolute Gasteiger partial charge is 0.461 e. The highest BCUT2D eigenvalue weighted by Crippen LogP contribution is 2.22. The van der Waals surface area contributed by atoms with Gasteiger partial charge in [0.1, 0.15) is 12.4 Å². The van der Waals surface area contributed by atoms with Gasteiger partial charge in [-0.25, -0.2) is 8.42 Å². The molecule has 6 nitrogen and oxygen atoms in total. The average molecular weight is 429 g/mol. The summed E-state index contributed by atoms with van der Waals surface area (Å²) in [6.45, 7) is 5.09. The number of benzene rings is 2. The van der Waals surface area contributed by atoms with E-state index < -0.39 is 10.0 Å². The van der Waals surface area contributed by atoms with Gasteiger partial charge in [-0.15, -0.1) is 0 Å². The molecule has 0 aliphatic carbocycles. The Kier molecular flexibility index (Phi) is 7.26. The van der Waals surface area contributed by atoms with E-state index in [1.807, 2.05) is 12.1 Å². The van der Waals surface area contributed by atoms with E-state index in [2.05, 4.69) is 35.7 Å². The molecule has 7 heteroatoms. The van der Waals surface area contributed by atoms with Crippen molar-refractivity contribution in [1.82, 2.24) is 4.72 Å². The van der Waals surface area contributed by atoms with Crippen LogP contribution >= 0.6 is 0 Å². The molecule has 2 aromatic rings. The molecule has 0 saturated heterocycles. The van der Waals surface area contributed by atoms with E-state index in [1.54, 1.807) is 24.3 Å². The van der Waals surface area contributed by atoms with Crippen molar-refractivity contribution in [3.05, 3.63) is 65.2 Å². The van der Waals surface area contributed by atoms with Crippen LogP contribution in [0.15, 0.2) is 58.4 Å². The number of hydrogen-bond donors (Lipinski definition) is 1. The van der Waals surface area contributed by atoms with E-state index in [0.29, 0.717) is 36.9 Å². The van der Waals surface area contributed by atoms with Gasteiger partial charge in [0.25, 0.3) is 10.0 Å². The highest BCUT2D eigenvalue weighted by atomic mass is 32.2. The summed E-state index contributed by atoms with van der Waals surface area (Å²) in [5.41, 5.74) is 2.87. The van der Waals surface area contributed by atoms with Crippen molar-refractivity contribution in [3.63, 3.8) is 0 Å². The Morgan fingerprint density at radius 2 is 1.77 bits per heavy atom. The Balaban J connectivity index is 1.35. The van der Waals surface area contributed by atoms with Gasteiger partial charge in [-0.1, -0.05) is 56.7 Å². The van der Waals surface area contributed by atoms with Crippen molar-refractivity contribution < 1.29 is 17.9 Å². The zero-order valence-corrected chi connectivity index (χ0v) is 18.2. The minimum absolute atomic E-state index is 0.202. The number of sulfonamides is 1. The van der Waals surface area contributed by atoms with Crippen LogP contribution in [0.3, 0.4) is 0 Å². The van der Waals surface area contributed by atoms with E-state index in [-0.39, 0.29) is 10.9 Å². The second kappa shape index (κ2) is 9.89. The van der Waals surface area contributed by atoms with Crippen LogP contribution in [-0.4, -0.2) is 26.8 Å². The molecule has 0 radical (unpaired) electrons. The quantitative estimate of drug-likeness (QED) is 0.480. The summed E-state index contributed by atoms with van der Waals surface area (Å²) in [6.07, 6.45) is 2.69. The maximum Gasteiger partial charge on any atom is 0.306 e. The van der Waals surface area contributed by atoms with Crippen LogP contribution in [0, 0.1) is 0 Å². The Bertz CT molecular complexity index is 1010. The number of nitrogens with zero attached hydrogens (tertiary/aromatic N) is 1. The molecular weight excluding hydrogens is 400 g/mol. The maximum absolute atomic E-state index is 12.0. The van der Waals surface area contributed by atoms with E-state index in [9.17, 15) is 13.2 Å². The van der Waals surface area contributed by atoms with Crippen molar-refractivity contribution in [2.24, 2.45) is 4.99 Å². The minimum atomic E-state index is -3.49. The van der Waals surface area contributed by atoms with Crippen molar-refractivity contribution >= 4 is 21.8 Å². The van der Waals surface area contributed by atoms with Gasteiger partial charge in [0, 0.05) is 18.5 Å². The van der Waals surface area contributed by atoms with Crippen molar-refractivity contribution in [3.8, 4) is 0 Å². The fourth-order valence-corrected chi connectivity index (χ4v) is 4.49. The molecule has 2 aromatic carbocycles. The molecule has 1 N–H and O–H groups in total. The third-order valence-electron chi connectivity index (χ3n) is 5.02. The molecule has 0 amide bonds. The van der Waals surface area contributed by atoms with Crippen LogP contribution < -0.4 is 4.72 Å². The van der Waals surface area contributed by atoms with Gasteiger partial charge in [-0.05, 0) is 42.0 Å². The van der Waals surface area contributed by atoms with E-state index in [4.69, 9.17) is 4.74 Å². The topological polar surface area (TPSA) is 84.8 Å². The number of amidine groups is 1. The number of esters is 1. The van der Waals surface area contributed by atoms with Gasteiger partial charge >= 0.3 is 5.97 Å². The number of rotatable bonds is 9. The third kappa shape index (κ3) is 5.69. The van der Waals surface area contributed by atoms with Gasteiger partial charge in [-0.2, -0.15) is 0 Å².